The van der Waals surface area contributed by atoms with E-state index in [1.165, 1.54) is 6.07 Å². The van der Waals surface area contributed by atoms with Crippen molar-refractivity contribution >= 4 is 22.7 Å². The molecule has 3 aromatic rings. The molecule has 2 aromatic carbocycles. The number of rotatable bonds is 3. The van der Waals surface area contributed by atoms with Crippen LogP contribution in [0.2, 0.25) is 0 Å². The Labute approximate surface area is 118 Å². The lowest BCUT2D eigenvalue weighted by molar-refractivity contribution is 0.0697. The van der Waals surface area contributed by atoms with Crippen LogP contribution in [-0.2, 0) is 0 Å². The molecule has 7 heteroatoms. The number of nitrogens with one attached hydrogen (secondary N) is 1. The molecule has 0 atom stereocenters. The summed E-state index contributed by atoms with van der Waals surface area (Å²) in [6, 6.07) is 11.6. The van der Waals surface area contributed by atoms with Crippen molar-refractivity contribution in [2.75, 3.05) is 0 Å². The van der Waals surface area contributed by atoms with Crippen LogP contribution in [0, 0.1) is 0 Å². The molecule has 1 aromatic heterocycles. The van der Waals surface area contributed by atoms with Gasteiger partial charge in [-0.3, -0.25) is 0 Å². The lowest BCUT2D eigenvalue weighted by Crippen LogP contribution is -1.94. The van der Waals surface area contributed by atoms with Gasteiger partial charge in [-0.1, -0.05) is 29.4 Å². The average molecular weight is 279 g/mol. The average Bonchev–Trinajstić information content (AvgIpc) is 2.91. The normalized spacial score (nSPS) is 10.3. The van der Waals surface area contributed by atoms with Crippen molar-refractivity contribution in [2.24, 2.45) is 5.11 Å². The molecular formula is C14H9N5O2. The Hall–Kier alpha value is -3.31. The Morgan fingerprint density at radius 3 is 2.67 bits per heavy atom. The summed E-state index contributed by atoms with van der Waals surface area (Å²) in [4.78, 5) is 21.1. The highest BCUT2D eigenvalue weighted by Crippen LogP contribution is 2.23. The third-order valence-electron chi connectivity index (χ3n) is 3.03. The molecule has 0 aliphatic heterocycles. The summed E-state index contributed by atoms with van der Waals surface area (Å²) in [6.07, 6.45) is 0. The molecule has 3 rings (SSSR count). The lowest BCUT2D eigenvalue weighted by Gasteiger charge is -1.96. The molecule has 2 N–H and O–H groups in total. The smallest absolute Gasteiger partial charge is 0.335 e. The number of H-pyrrole nitrogens is 1. The summed E-state index contributed by atoms with van der Waals surface area (Å²) in [5.74, 6) is -0.355. The highest BCUT2D eigenvalue weighted by atomic mass is 16.4. The van der Waals surface area contributed by atoms with Crippen molar-refractivity contribution in [3.8, 4) is 11.4 Å². The number of carbonyl (C=O) groups is 1. The van der Waals surface area contributed by atoms with Gasteiger partial charge >= 0.3 is 5.97 Å². The van der Waals surface area contributed by atoms with E-state index in [-0.39, 0.29) is 5.56 Å². The molecule has 0 aliphatic rings. The summed E-state index contributed by atoms with van der Waals surface area (Å²) >= 11 is 0. The first-order chi connectivity index (χ1) is 10.2. The van der Waals surface area contributed by atoms with E-state index in [2.05, 4.69) is 20.0 Å². The van der Waals surface area contributed by atoms with Crippen LogP contribution in [-0.4, -0.2) is 21.0 Å². The molecule has 0 bridgehead atoms. The molecule has 0 saturated heterocycles. The molecule has 0 saturated carbocycles. The van der Waals surface area contributed by atoms with Gasteiger partial charge in [-0.05, 0) is 23.7 Å². The molecule has 0 amide bonds. The standard InChI is InChI=1S/C14H9N5O2/c15-19-18-10-4-1-8(2-5-10)13-16-11-6-3-9(14(20)21)7-12(11)17-13/h1-7H,(H,16,17)(H,20,21). The van der Waals surface area contributed by atoms with Gasteiger partial charge in [-0.25, -0.2) is 9.78 Å². The van der Waals surface area contributed by atoms with Crippen LogP contribution in [0.25, 0.3) is 32.9 Å². The number of benzene rings is 2. The van der Waals surface area contributed by atoms with E-state index in [4.69, 9.17) is 10.6 Å². The number of aromatic amines is 1. The predicted octanol–water partition coefficient (Wildman–Crippen LogP) is 3.87. The van der Waals surface area contributed by atoms with Crippen molar-refractivity contribution in [3.05, 3.63) is 58.5 Å². The van der Waals surface area contributed by atoms with Gasteiger partial charge in [0.2, 0.25) is 0 Å². The van der Waals surface area contributed by atoms with E-state index in [0.717, 1.165) is 5.56 Å². The Kier molecular flexibility index (Phi) is 3.02. The van der Waals surface area contributed by atoms with Crippen molar-refractivity contribution < 1.29 is 9.90 Å². The monoisotopic (exact) mass is 279 g/mol. The van der Waals surface area contributed by atoms with Gasteiger partial charge in [0.1, 0.15) is 5.82 Å². The molecule has 0 radical (unpaired) electrons. The van der Waals surface area contributed by atoms with E-state index in [1.54, 1.807) is 36.4 Å². The van der Waals surface area contributed by atoms with E-state index in [0.29, 0.717) is 22.5 Å². The van der Waals surface area contributed by atoms with Crippen molar-refractivity contribution in [2.45, 2.75) is 0 Å². The highest BCUT2D eigenvalue weighted by Gasteiger charge is 2.08. The number of hydrogen-bond acceptors (Lipinski definition) is 3. The molecular weight excluding hydrogens is 270 g/mol. The fourth-order valence-electron chi connectivity index (χ4n) is 2.02. The first-order valence-corrected chi connectivity index (χ1v) is 6.06. The van der Waals surface area contributed by atoms with E-state index in [9.17, 15) is 4.79 Å². The minimum Gasteiger partial charge on any atom is -0.478 e. The minimum atomic E-state index is -0.980. The van der Waals surface area contributed by atoms with Crippen LogP contribution in [0.15, 0.2) is 47.6 Å². The summed E-state index contributed by atoms with van der Waals surface area (Å²) in [5.41, 5.74) is 11.3. The number of fused-ring (bicyclic) bond motifs is 1. The molecule has 102 valence electrons. The number of hydrogen-bond donors (Lipinski definition) is 2. The zero-order valence-corrected chi connectivity index (χ0v) is 10.7. The van der Waals surface area contributed by atoms with Crippen LogP contribution in [0.3, 0.4) is 0 Å². The fraction of sp³-hybridized carbons (Fsp3) is 0. The van der Waals surface area contributed by atoms with E-state index >= 15 is 0 Å². The van der Waals surface area contributed by atoms with Crippen molar-refractivity contribution in [1.82, 2.24) is 9.97 Å². The molecule has 0 unspecified atom stereocenters. The predicted molar refractivity (Wildman–Crippen MR) is 77.3 cm³/mol. The highest BCUT2D eigenvalue weighted by molar-refractivity contribution is 5.93. The topological polar surface area (TPSA) is 115 Å². The zero-order valence-electron chi connectivity index (χ0n) is 10.7. The van der Waals surface area contributed by atoms with Gasteiger partial charge in [-0.15, -0.1) is 0 Å². The van der Waals surface area contributed by atoms with Gasteiger partial charge < -0.3 is 10.1 Å². The first-order valence-electron chi connectivity index (χ1n) is 6.06. The van der Waals surface area contributed by atoms with Gasteiger partial charge in [0.15, 0.2) is 0 Å². The van der Waals surface area contributed by atoms with E-state index < -0.39 is 5.97 Å². The number of carboxylic acids is 1. The second-order valence-electron chi connectivity index (χ2n) is 4.36. The van der Waals surface area contributed by atoms with Crippen LogP contribution in [0.1, 0.15) is 10.4 Å². The van der Waals surface area contributed by atoms with Gasteiger partial charge in [0.05, 0.1) is 16.6 Å². The maximum atomic E-state index is 10.9. The molecule has 0 spiro atoms. The van der Waals surface area contributed by atoms with Crippen molar-refractivity contribution in [1.29, 1.82) is 0 Å². The summed E-state index contributed by atoms with van der Waals surface area (Å²) in [6.45, 7) is 0. The van der Waals surface area contributed by atoms with Gasteiger partial charge in [0.25, 0.3) is 0 Å². The first kappa shape index (κ1) is 12.7. The molecule has 0 fully saturated rings. The van der Waals surface area contributed by atoms with Crippen LogP contribution in [0.5, 0.6) is 0 Å². The number of azide groups is 1. The molecule has 1 heterocycles. The minimum absolute atomic E-state index is 0.205. The molecule has 7 nitrogen and oxygen atoms in total. The third-order valence-corrected chi connectivity index (χ3v) is 3.03. The number of imidazole rings is 1. The number of carboxylic acid groups (broad SMARTS) is 1. The number of aromatic carboxylic acids is 1. The third kappa shape index (κ3) is 2.41. The van der Waals surface area contributed by atoms with Crippen LogP contribution < -0.4 is 0 Å². The SMILES string of the molecule is [N-]=[N+]=Nc1ccc(-c2nc3ccc(C(=O)O)cc3[nH]2)cc1. The Balaban J connectivity index is 2.04. The quantitative estimate of drug-likeness (QED) is 0.430. The Morgan fingerprint density at radius 1 is 1.24 bits per heavy atom. The summed E-state index contributed by atoms with van der Waals surface area (Å²) in [5, 5.41) is 12.5. The van der Waals surface area contributed by atoms with E-state index in [1.807, 2.05) is 0 Å². The number of aromatic nitrogens is 2. The molecule has 0 aliphatic carbocycles. The Morgan fingerprint density at radius 2 is 2.00 bits per heavy atom. The Bertz CT molecular complexity index is 876. The van der Waals surface area contributed by atoms with Crippen LogP contribution in [0.4, 0.5) is 5.69 Å². The van der Waals surface area contributed by atoms with Crippen molar-refractivity contribution in [3.63, 3.8) is 0 Å². The lowest BCUT2D eigenvalue weighted by atomic mass is 10.2. The molecule has 21 heavy (non-hydrogen) atoms. The second kappa shape index (κ2) is 4.99. The zero-order chi connectivity index (χ0) is 14.8. The second-order valence-corrected chi connectivity index (χ2v) is 4.36. The van der Waals surface area contributed by atoms with Crippen LogP contribution >= 0.6 is 0 Å². The van der Waals surface area contributed by atoms with Gasteiger partial charge in [-0.2, -0.15) is 0 Å². The maximum absolute atomic E-state index is 10.9. The van der Waals surface area contributed by atoms with Gasteiger partial charge in [0, 0.05) is 16.2 Å². The summed E-state index contributed by atoms with van der Waals surface area (Å²) in [7, 11) is 0. The summed E-state index contributed by atoms with van der Waals surface area (Å²) < 4.78 is 0. The number of nitrogens with zero attached hydrogens (tertiary/aromatic N) is 4. The largest absolute Gasteiger partial charge is 0.478 e. The maximum Gasteiger partial charge on any atom is 0.335 e. The fourth-order valence-corrected chi connectivity index (χ4v) is 2.02.